The highest BCUT2D eigenvalue weighted by Gasteiger charge is 2.26. The molecule has 0 aromatic heterocycles. The van der Waals surface area contributed by atoms with Crippen molar-refractivity contribution in [3.8, 4) is 0 Å². The lowest BCUT2D eigenvalue weighted by Gasteiger charge is -2.09. The molecule has 5 heteroatoms. The van der Waals surface area contributed by atoms with Crippen LogP contribution in [0.4, 0.5) is 4.39 Å². The SMILES string of the molecule is CC/C(=C\c1ccc(F)cc1)C/C=C/CC(C(=O)OC)C(=O)OC. The third-order valence-corrected chi connectivity index (χ3v) is 3.58. The van der Waals surface area contributed by atoms with Crippen molar-refractivity contribution < 1.29 is 23.5 Å². The Kier molecular flexibility index (Phi) is 8.47. The smallest absolute Gasteiger partial charge is 0.320 e. The van der Waals surface area contributed by atoms with E-state index >= 15 is 0 Å². The number of methoxy groups -OCH3 is 2. The fraction of sp³-hybridized carbons (Fsp3) is 0.368. The molecule has 0 unspecified atom stereocenters. The van der Waals surface area contributed by atoms with E-state index < -0.39 is 17.9 Å². The molecule has 1 aromatic carbocycles. The van der Waals surface area contributed by atoms with E-state index in [-0.39, 0.29) is 12.2 Å². The van der Waals surface area contributed by atoms with Gasteiger partial charge in [-0.1, -0.05) is 42.9 Å². The van der Waals surface area contributed by atoms with Gasteiger partial charge in [-0.15, -0.1) is 0 Å². The summed E-state index contributed by atoms with van der Waals surface area (Å²) in [5, 5.41) is 0. The number of halogens is 1. The number of ether oxygens (including phenoxy) is 2. The van der Waals surface area contributed by atoms with Crippen LogP contribution in [0.1, 0.15) is 31.7 Å². The lowest BCUT2D eigenvalue weighted by molar-refractivity contribution is -0.158. The molecule has 0 fully saturated rings. The number of hydrogen-bond donors (Lipinski definition) is 0. The Labute approximate surface area is 142 Å². The molecule has 0 saturated heterocycles. The summed E-state index contributed by atoms with van der Waals surface area (Å²) in [7, 11) is 2.48. The molecule has 130 valence electrons. The van der Waals surface area contributed by atoms with E-state index in [0.717, 1.165) is 17.6 Å². The molecule has 0 heterocycles. The van der Waals surface area contributed by atoms with Gasteiger partial charge in [-0.2, -0.15) is 0 Å². The molecule has 24 heavy (non-hydrogen) atoms. The van der Waals surface area contributed by atoms with E-state index in [1.54, 1.807) is 18.2 Å². The van der Waals surface area contributed by atoms with Crippen molar-refractivity contribution in [2.75, 3.05) is 14.2 Å². The van der Waals surface area contributed by atoms with Gasteiger partial charge in [0.2, 0.25) is 0 Å². The molecular weight excluding hydrogens is 311 g/mol. The monoisotopic (exact) mass is 334 g/mol. The van der Waals surface area contributed by atoms with Crippen LogP contribution >= 0.6 is 0 Å². The van der Waals surface area contributed by atoms with E-state index in [2.05, 4.69) is 9.47 Å². The molecule has 0 spiro atoms. The van der Waals surface area contributed by atoms with Crippen LogP contribution in [0, 0.1) is 11.7 Å². The zero-order valence-corrected chi connectivity index (χ0v) is 14.3. The van der Waals surface area contributed by atoms with Crippen molar-refractivity contribution >= 4 is 18.0 Å². The highest BCUT2D eigenvalue weighted by molar-refractivity contribution is 5.94. The van der Waals surface area contributed by atoms with E-state index in [4.69, 9.17) is 0 Å². The van der Waals surface area contributed by atoms with Gasteiger partial charge in [0.15, 0.2) is 5.92 Å². The first kappa shape index (κ1) is 19.6. The Bertz CT molecular complexity index is 586. The number of rotatable bonds is 8. The summed E-state index contributed by atoms with van der Waals surface area (Å²) in [5.41, 5.74) is 2.09. The summed E-state index contributed by atoms with van der Waals surface area (Å²) >= 11 is 0. The van der Waals surface area contributed by atoms with E-state index in [1.165, 1.54) is 26.4 Å². The Morgan fingerprint density at radius 2 is 1.67 bits per heavy atom. The zero-order chi connectivity index (χ0) is 17.9. The molecule has 1 aromatic rings. The lowest BCUT2D eigenvalue weighted by Crippen LogP contribution is -2.25. The highest BCUT2D eigenvalue weighted by Crippen LogP contribution is 2.16. The van der Waals surface area contributed by atoms with Crippen molar-refractivity contribution in [2.24, 2.45) is 5.92 Å². The quantitative estimate of drug-likeness (QED) is 0.411. The van der Waals surface area contributed by atoms with Crippen molar-refractivity contribution in [2.45, 2.75) is 26.2 Å². The second-order valence-electron chi connectivity index (χ2n) is 5.22. The third-order valence-electron chi connectivity index (χ3n) is 3.58. The number of esters is 2. The van der Waals surface area contributed by atoms with Gasteiger partial charge in [-0.3, -0.25) is 9.59 Å². The maximum absolute atomic E-state index is 12.9. The average molecular weight is 334 g/mol. The third kappa shape index (κ3) is 6.36. The first-order valence-corrected chi connectivity index (χ1v) is 7.77. The zero-order valence-electron chi connectivity index (χ0n) is 14.3. The standard InChI is InChI=1S/C19H23FO4/c1-4-14(13-15-9-11-16(20)12-10-15)7-5-6-8-17(18(21)23-2)19(22)24-3/h5-6,9-13,17H,4,7-8H2,1-3H3/b6-5+,14-13+. The van der Waals surface area contributed by atoms with Gasteiger partial charge in [0.05, 0.1) is 14.2 Å². The molecule has 0 N–H and O–H groups in total. The number of carbonyl (C=O) groups excluding carboxylic acids is 2. The first-order valence-electron chi connectivity index (χ1n) is 7.77. The molecule has 0 radical (unpaired) electrons. The minimum Gasteiger partial charge on any atom is -0.468 e. The molecule has 0 aliphatic carbocycles. The Morgan fingerprint density at radius 1 is 1.08 bits per heavy atom. The van der Waals surface area contributed by atoms with E-state index in [9.17, 15) is 14.0 Å². The number of hydrogen-bond acceptors (Lipinski definition) is 4. The fourth-order valence-corrected chi connectivity index (χ4v) is 2.14. The summed E-state index contributed by atoms with van der Waals surface area (Å²) < 4.78 is 22.1. The average Bonchev–Trinajstić information content (AvgIpc) is 2.61. The normalized spacial score (nSPS) is 11.8. The topological polar surface area (TPSA) is 52.6 Å². The summed E-state index contributed by atoms with van der Waals surface area (Å²) in [6.07, 6.45) is 7.43. The lowest BCUT2D eigenvalue weighted by atomic mass is 10.0. The minimum atomic E-state index is -0.942. The van der Waals surface area contributed by atoms with Crippen molar-refractivity contribution in [1.29, 1.82) is 0 Å². The molecule has 4 nitrogen and oxygen atoms in total. The van der Waals surface area contributed by atoms with E-state index in [1.807, 2.05) is 19.1 Å². The summed E-state index contributed by atoms with van der Waals surface area (Å²) in [6.45, 7) is 2.04. The Morgan fingerprint density at radius 3 is 2.17 bits per heavy atom. The van der Waals surface area contributed by atoms with Gasteiger partial charge in [0, 0.05) is 0 Å². The van der Waals surface area contributed by atoms with Crippen LogP contribution in [0.3, 0.4) is 0 Å². The van der Waals surface area contributed by atoms with Crippen LogP contribution in [-0.4, -0.2) is 26.2 Å². The van der Waals surface area contributed by atoms with Gasteiger partial charge in [0.1, 0.15) is 5.82 Å². The van der Waals surface area contributed by atoms with Crippen LogP contribution in [0.5, 0.6) is 0 Å². The molecule has 0 amide bonds. The van der Waals surface area contributed by atoms with E-state index in [0.29, 0.717) is 6.42 Å². The Hall–Kier alpha value is -2.43. The van der Waals surface area contributed by atoms with Crippen molar-refractivity contribution in [3.63, 3.8) is 0 Å². The molecular formula is C19H23FO4. The van der Waals surface area contributed by atoms with Crippen LogP contribution in [0.25, 0.3) is 6.08 Å². The minimum absolute atomic E-state index is 0.229. The first-order chi connectivity index (χ1) is 11.5. The van der Waals surface area contributed by atoms with Gasteiger partial charge in [-0.05, 0) is 37.0 Å². The number of allylic oxidation sites excluding steroid dienone is 3. The summed E-state index contributed by atoms with van der Waals surface area (Å²) in [5.74, 6) is -2.42. The van der Waals surface area contributed by atoms with Gasteiger partial charge in [-0.25, -0.2) is 4.39 Å². The highest BCUT2D eigenvalue weighted by atomic mass is 19.1. The number of benzene rings is 1. The van der Waals surface area contributed by atoms with Gasteiger partial charge >= 0.3 is 11.9 Å². The second-order valence-corrected chi connectivity index (χ2v) is 5.22. The Balaban J connectivity index is 2.67. The molecule has 0 aliphatic heterocycles. The molecule has 0 saturated carbocycles. The molecule has 0 bridgehead atoms. The van der Waals surface area contributed by atoms with Crippen LogP contribution in [-0.2, 0) is 19.1 Å². The predicted octanol–water partition coefficient (Wildman–Crippen LogP) is 3.92. The summed E-state index contributed by atoms with van der Waals surface area (Å²) in [4.78, 5) is 23.1. The molecule has 1 rings (SSSR count). The molecule has 0 aliphatic rings. The van der Waals surface area contributed by atoms with Crippen molar-refractivity contribution in [1.82, 2.24) is 0 Å². The maximum Gasteiger partial charge on any atom is 0.320 e. The van der Waals surface area contributed by atoms with Crippen LogP contribution < -0.4 is 0 Å². The number of carbonyl (C=O) groups is 2. The van der Waals surface area contributed by atoms with Crippen molar-refractivity contribution in [3.05, 3.63) is 53.4 Å². The maximum atomic E-state index is 12.9. The van der Waals surface area contributed by atoms with Crippen LogP contribution in [0.15, 0.2) is 42.0 Å². The summed E-state index contributed by atoms with van der Waals surface area (Å²) in [6, 6.07) is 6.29. The fourth-order valence-electron chi connectivity index (χ4n) is 2.14. The van der Waals surface area contributed by atoms with Gasteiger partial charge in [0.25, 0.3) is 0 Å². The molecule has 0 atom stereocenters. The van der Waals surface area contributed by atoms with Crippen LogP contribution in [0.2, 0.25) is 0 Å². The van der Waals surface area contributed by atoms with Gasteiger partial charge < -0.3 is 9.47 Å². The predicted molar refractivity (Wildman–Crippen MR) is 90.6 cm³/mol. The second kappa shape index (κ2) is 10.4. The largest absolute Gasteiger partial charge is 0.468 e.